The molecule has 4 heteroatoms. The molecule has 0 aromatic carbocycles. The third-order valence-electron chi connectivity index (χ3n) is 2.52. The average Bonchev–Trinajstić information content (AvgIpc) is 2.47. The molecule has 2 amide bonds. The summed E-state index contributed by atoms with van der Waals surface area (Å²) < 4.78 is 0. The van der Waals surface area contributed by atoms with Gasteiger partial charge < -0.3 is 10.2 Å². The van der Waals surface area contributed by atoms with Crippen molar-refractivity contribution >= 4 is 11.8 Å². The topological polar surface area (TPSA) is 49.4 Å². The molecule has 1 saturated heterocycles. The van der Waals surface area contributed by atoms with Gasteiger partial charge in [-0.2, -0.15) is 0 Å². The molecular weight excluding hydrogens is 180 g/mol. The van der Waals surface area contributed by atoms with Crippen molar-refractivity contribution in [1.82, 2.24) is 10.2 Å². The molecule has 4 nitrogen and oxygen atoms in total. The zero-order chi connectivity index (χ0) is 10.7. The Kier molecular flexibility index (Phi) is 3.49. The van der Waals surface area contributed by atoms with E-state index in [1.54, 1.807) is 4.90 Å². The molecule has 1 unspecified atom stereocenters. The molecule has 1 N–H and O–H groups in total. The minimum absolute atomic E-state index is 0.0405. The summed E-state index contributed by atoms with van der Waals surface area (Å²) in [4.78, 5) is 24.7. The fourth-order valence-electron chi connectivity index (χ4n) is 1.53. The molecule has 80 valence electrons. The predicted molar refractivity (Wildman–Crippen MR) is 53.6 cm³/mol. The van der Waals surface area contributed by atoms with Crippen molar-refractivity contribution in [2.75, 3.05) is 13.1 Å². The van der Waals surface area contributed by atoms with Crippen molar-refractivity contribution in [2.24, 2.45) is 5.92 Å². The van der Waals surface area contributed by atoms with Gasteiger partial charge in [0, 0.05) is 19.0 Å². The Morgan fingerprint density at radius 1 is 1.64 bits per heavy atom. The van der Waals surface area contributed by atoms with Crippen molar-refractivity contribution in [3.05, 3.63) is 0 Å². The quantitative estimate of drug-likeness (QED) is 0.712. The summed E-state index contributed by atoms with van der Waals surface area (Å²) in [7, 11) is 0. The van der Waals surface area contributed by atoms with E-state index in [4.69, 9.17) is 0 Å². The van der Waals surface area contributed by atoms with Crippen molar-refractivity contribution in [1.29, 1.82) is 0 Å². The lowest BCUT2D eigenvalue weighted by atomic mass is 10.2. The van der Waals surface area contributed by atoms with Gasteiger partial charge in [-0.05, 0) is 13.3 Å². The molecule has 1 aliphatic heterocycles. The molecule has 14 heavy (non-hydrogen) atoms. The van der Waals surface area contributed by atoms with Crippen molar-refractivity contribution in [3.8, 4) is 0 Å². The van der Waals surface area contributed by atoms with Crippen LogP contribution in [0.4, 0.5) is 0 Å². The molecule has 1 atom stereocenters. The number of carbonyl (C=O) groups is 2. The van der Waals surface area contributed by atoms with Crippen molar-refractivity contribution < 1.29 is 9.59 Å². The fourth-order valence-corrected chi connectivity index (χ4v) is 1.53. The van der Waals surface area contributed by atoms with Crippen LogP contribution >= 0.6 is 0 Å². The zero-order valence-electron chi connectivity index (χ0n) is 9.04. The van der Waals surface area contributed by atoms with Crippen molar-refractivity contribution in [2.45, 2.75) is 33.2 Å². The summed E-state index contributed by atoms with van der Waals surface area (Å²) in [6.07, 6.45) is 0.741. The van der Waals surface area contributed by atoms with E-state index >= 15 is 0 Å². The van der Waals surface area contributed by atoms with Gasteiger partial charge >= 0.3 is 0 Å². The lowest BCUT2D eigenvalue weighted by Gasteiger charge is -2.15. The van der Waals surface area contributed by atoms with Gasteiger partial charge in [0.1, 0.15) is 6.04 Å². The minimum atomic E-state index is -0.287. The van der Waals surface area contributed by atoms with Gasteiger partial charge in [0.2, 0.25) is 11.8 Å². The second kappa shape index (κ2) is 4.44. The Hall–Kier alpha value is -1.06. The van der Waals surface area contributed by atoms with Crippen LogP contribution in [0.5, 0.6) is 0 Å². The number of amides is 2. The summed E-state index contributed by atoms with van der Waals surface area (Å²) in [6.45, 7) is 7.09. The predicted octanol–water partition coefficient (Wildman–Crippen LogP) is 0.379. The number of rotatable bonds is 3. The van der Waals surface area contributed by atoms with Gasteiger partial charge in [0.05, 0.1) is 0 Å². The maximum absolute atomic E-state index is 11.6. The minimum Gasteiger partial charge on any atom is -0.344 e. The van der Waals surface area contributed by atoms with Gasteiger partial charge in [0.25, 0.3) is 0 Å². The van der Waals surface area contributed by atoms with Crippen LogP contribution in [0, 0.1) is 5.92 Å². The van der Waals surface area contributed by atoms with Crippen LogP contribution in [0.15, 0.2) is 0 Å². The molecule has 1 aliphatic rings. The average molecular weight is 198 g/mol. The fraction of sp³-hybridized carbons (Fsp3) is 0.800. The molecule has 0 spiro atoms. The second-order valence-electron chi connectivity index (χ2n) is 3.92. The second-order valence-corrected chi connectivity index (χ2v) is 3.92. The number of nitrogens with one attached hydrogen (secondary N) is 1. The third kappa shape index (κ3) is 2.25. The van der Waals surface area contributed by atoms with Crippen LogP contribution in [0.2, 0.25) is 0 Å². The normalized spacial score (nSPS) is 21.9. The maximum Gasteiger partial charge on any atom is 0.245 e. The van der Waals surface area contributed by atoms with Gasteiger partial charge in [0.15, 0.2) is 0 Å². The molecule has 1 rings (SSSR count). The summed E-state index contributed by atoms with van der Waals surface area (Å²) in [5.74, 6) is -0.0405. The molecular formula is C10H18N2O2. The van der Waals surface area contributed by atoms with E-state index in [1.807, 2.05) is 20.8 Å². The number of carbonyl (C=O) groups excluding carboxylic acids is 2. The largest absolute Gasteiger partial charge is 0.344 e. The molecule has 0 aliphatic carbocycles. The van der Waals surface area contributed by atoms with Gasteiger partial charge in [-0.1, -0.05) is 13.8 Å². The first-order chi connectivity index (χ1) is 6.56. The molecule has 1 fully saturated rings. The highest BCUT2D eigenvalue weighted by molar-refractivity contribution is 5.89. The summed E-state index contributed by atoms with van der Waals surface area (Å²) in [5, 5.41) is 2.76. The summed E-state index contributed by atoms with van der Waals surface area (Å²) >= 11 is 0. The molecule has 0 bridgehead atoms. The third-order valence-corrected chi connectivity index (χ3v) is 2.52. The van der Waals surface area contributed by atoms with E-state index < -0.39 is 0 Å². The van der Waals surface area contributed by atoms with Crippen molar-refractivity contribution in [3.63, 3.8) is 0 Å². The Balaban J connectivity index is 2.48. The monoisotopic (exact) mass is 198 g/mol. The number of likely N-dealkylation sites (N-methyl/N-ethyl adjacent to an activating group) is 1. The number of likely N-dealkylation sites (tertiary alicyclic amines) is 1. The van der Waals surface area contributed by atoms with Gasteiger partial charge in [-0.25, -0.2) is 0 Å². The Morgan fingerprint density at radius 2 is 2.29 bits per heavy atom. The first-order valence-corrected chi connectivity index (χ1v) is 5.15. The zero-order valence-corrected chi connectivity index (χ0v) is 9.04. The van der Waals surface area contributed by atoms with E-state index in [9.17, 15) is 9.59 Å². The van der Waals surface area contributed by atoms with E-state index in [0.717, 1.165) is 19.5 Å². The van der Waals surface area contributed by atoms with Crippen LogP contribution < -0.4 is 5.32 Å². The lowest BCUT2D eigenvalue weighted by Crippen LogP contribution is -2.42. The first-order valence-electron chi connectivity index (χ1n) is 5.15. The molecule has 0 radical (unpaired) electrons. The molecule has 0 saturated carbocycles. The van der Waals surface area contributed by atoms with Crippen LogP contribution in [0.3, 0.4) is 0 Å². The highest BCUT2D eigenvalue weighted by atomic mass is 16.2. The van der Waals surface area contributed by atoms with Crippen LogP contribution in [0.25, 0.3) is 0 Å². The summed E-state index contributed by atoms with van der Waals surface area (Å²) in [5.41, 5.74) is 0. The van der Waals surface area contributed by atoms with Crippen LogP contribution in [0.1, 0.15) is 27.2 Å². The highest BCUT2D eigenvalue weighted by Crippen LogP contribution is 2.10. The molecule has 0 aromatic rings. The smallest absolute Gasteiger partial charge is 0.245 e. The highest BCUT2D eigenvalue weighted by Gasteiger charge is 2.31. The van der Waals surface area contributed by atoms with Crippen LogP contribution in [-0.2, 0) is 9.59 Å². The molecule has 0 aromatic heterocycles. The number of hydrogen-bond donors (Lipinski definition) is 1. The van der Waals surface area contributed by atoms with E-state index in [1.165, 1.54) is 0 Å². The van der Waals surface area contributed by atoms with E-state index in [2.05, 4.69) is 5.32 Å². The lowest BCUT2D eigenvalue weighted by molar-refractivity contribution is -0.133. The summed E-state index contributed by atoms with van der Waals surface area (Å²) in [6, 6.07) is -0.287. The van der Waals surface area contributed by atoms with E-state index in [-0.39, 0.29) is 23.8 Å². The van der Waals surface area contributed by atoms with E-state index in [0.29, 0.717) is 0 Å². The standard InChI is InChI=1S/C10H18N2O2/c1-4-12-6-5-8(10(12)14)11-9(13)7(2)3/h7-8H,4-6H2,1-3H3,(H,11,13). The Morgan fingerprint density at radius 3 is 2.71 bits per heavy atom. The van der Waals surface area contributed by atoms with Gasteiger partial charge in [-0.3, -0.25) is 9.59 Å². The van der Waals surface area contributed by atoms with Crippen LogP contribution in [-0.4, -0.2) is 35.8 Å². The maximum atomic E-state index is 11.6. The van der Waals surface area contributed by atoms with Gasteiger partial charge in [-0.15, -0.1) is 0 Å². The Bertz CT molecular complexity index is 238. The molecule has 1 heterocycles. The SMILES string of the molecule is CCN1CCC(NC(=O)C(C)C)C1=O. The Labute approximate surface area is 84.7 Å². The number of nitrogens with zero attached hydrogens (tertiary/aromatic N) is 1. The first kappa shape index (κ1) is 11.0. The number of hydrogen-bond acceptors (Lipinski definition) is 2.